The van der Waals surface area contributed by atoms with Gasteiger partial charge in [0.2, 0.25) is 0 Å². The highest BCUT2D eigenvalue weighted by molar-refractivity contribution is 6.12. The van der Waals surface area contributed by atoms with Crippen LogP contribution in [0.2, 0.25) is 0 Å². The summed E-state index contributed by atoms with van der Waals surface area (Å²) in [4.78, 5) is 24.2. The monoisotopic (exact) mass is 370 g/mol. The molecule has 4 rings (SSSR count). The number of carbonyl (C=O) groups is 2. The van der Waals surface area contributed by atoms with Crippen molar-refractivity contribution in [3.05, 3.63) is 83.9 Å². The van der Waals surface area contributed by atoms with E-state index in [1.807, 2.05) is 48.5 Å². The van der Waals surface area contributed by atoms with Crippen molar-refractivity contribution in [2.45, 2.75) is 6.92 Å². The van der Waals surface area contributed by atoms with Gasteiger partial charge in [-0.25, -0.2) is 4.79 Å². The molecule has 4 nitrogen and oxygen atoms in total. The zero-order valence-corrected chi connectivity index (χ0v) is 15.6. The molecule has 4 aromatic rings. The van der Waals surface area contributed by atoms with E-state index in [0.717, 1.165) is 27.3 Å². The molecule has 0 saturated carbocycles. The molecule has 0 aliphatic carbocycles. The number of benzene rings is 4. The molecule has 0 aliphatic rings. The van der Waals surface area contributed by atoms with Gasteiger partial charge in [-0.2, -0.15) is 0 Å². The lowest BCUT2D eigenvalue weighted by Crippen LogP contribution is -2.09. The Morgan fingerprint density at radius 3 is 1.50 bits per heavy atom. The van der Waals surface area contributed by atoms with Crippen LogP contribution in [-0.2, 0) is 0 Å². The molecule has 0 heterocycles. The largest absolute Gasteiger partial charge is 0.495 e. The minimum Gasteiger partial charge on any atom is -0.495 e. The molecule has 0 aromatic heterocycles. The lowest BCUT2D eigenvalue weighted by Gasteiger charge is -2.15. The summed E-state index contributed by atoms with van der Waals surface area (Å²) in [5, 5.41) is 3.34. The normalized spacial score (nSPS) is 10.8. The molecule has 4 heteroatoms. The van der Waals surface area contributed by atoms with Crippen LogP contribution in [0.15, 0.2) is 72.8 Å². The van der Waals surface area contributed by atoms with Crippen LogP contribution in [0.1, 0.15) is 27.6 Å². The lowest BCUT2D eigenvalue weighted by molar-refractivity contribution is 0.0738. The molecule has 28 heavy (non-hydrogen) atoms. The van der Waals surface area contributed by atoms with E-state index in [0.29, 0.717) is 16.9 Å². The van der Waals surface area contributed by atoms with Crippen molar-refractivity contribution in [2.75, 3.05) is 7.11 Å². The van der Waals surface area contributed by atoms with Crippen LogP contribution in [-0.4, -0.2) is 18.9 Å². The van der Waals surface area contributed by atoms with Gasteiger partial charge in [0.1, 0.15) is 11.5 Å². The number of Topliss-reactive ketones (excluding diaryl/α,β-unsaturated/α-hetero) is 1. The zero-order valence-electron chi connectivity index (χ0n) is 15.6. The van der Waals surface area contributed by atoms with Crippen molar-refractivity contribution in [2.24, 2.45) is 0 Å². The third-order valence-electron chi connectivity index (χ3n) is 4.76. The first-order chi connectivity index (χ1) is 13.6. The first-order valence-electron chi connectivity index (χ1n) is 8.90. The second kappa shape index (κ2) is 7.16. The standard InChI is InChI=1S/C24H18O4/c1-15(25)16-11-13-17(14-12-16)24(26)28-23-20-9-5-3-7-18(20)22(27-2)19-8-4-6-10-21(19)23/h3-14H,1-2H3. The number of carbonyl (C=O) groups excluding carboxylic acids is 2. The van der Waals surface area contributed by atoms with Crippen LogP contribution in [0, 0.1) is 0 Å². The summed E-state index contributed by atoms with van der Waals surface area (Å²) in [6.07, 6.45) is 0. The van der Waals surface area contributed by atoms with Gasteiger partial charge in [0.15, 0.2) is 5.78 Å². The Balaban J connectivity index is 1.85. The predicted octanol–water partition coefficient (Wildman–Crippen LogP) is 5.42. The summed E-state index contributed by atoms with van der Waals surface area (Å²) in [5.74, 6) is 0.715. The molecule has 0 amide bonds. The molecule has 0 saturated heterocycles. The van der Waals surface area contributed by atoms with E-state index in [-0.39, 0.29) is 5.78 Å². The molecule has 138 valence electrons. The maximum Gasteiger partial charge on any atom is 0.343 e. The van der Waals surface area contributed by atoms with Crippen molar-refractivity contribution in [1.82, 2.24) is 0 Å². The van der Waals surface area contributed by atoms with E-state index in [9.17, 15) is 9.59 Å². The Labute approximate surface area is 162 Å². The van der Waals surface area contributed by atoms with Gasteiger partial charge in [-0.1, -0.05) is 60.7 Å². The summed E-state index contributed by atoms with van der Waals surface area (Å²) < 4.78 is 11.5. The van der Waals surface area contributed by atoms with E-state index in [2.05, 4.69) is 0 Å². The average Bonchev–Trinajstić information content (AvgIpc) is 2.73. The lowest BCUT2D eigenvalue weighted by atomic mass is 10.0. The minimum atomic E-state index is -0.476. The van der Waals surface area contributed by atoms with Gasteiger partial charge < -0.3 is 9.47 Å². The van der Waals surface area contributed by atoms with E-state index < -0.39 is 5.97 Å². The molecule has 0 unspecified atom stereocenters. The van der Waals surface area contributed by atoms with E-state index in [1.54, 1.807) is 31.4 Å². The fourth-order valence-corrected chi connectivity index (χ4v) is 3.37. The SMILES string of the molecule is COc1c2ccccc2c(OC(=O)c2ccc(C(C)=O)cc2)c2ccccc12. The Kier molecular flexibility index (Phi) is 4.53. The van der Waals surface area contributed by atoms with E-state index in [4.69, 9.17) is 9.47 Å². The fraction of sp³-hybridized carbons (Fsp3) is 0.0833. The second-order valence-electron chi connectivity index (χ2n) is 6.48. The van der Waals surface area contributed by atoms with Crippen LogP contribution in [0.25, 0.3) is 21.5 Å². The smallest absolute Gasteiger partial charge is 0.343 e. The van der Waals surface area contributed by atoms with Crippen molar-refractivity contribution < 1.29 is 19.1 Å². The molecular formula is C24H18O4. The number of esters is 1. The van der Waals surface area contributed by atoms with Gasteiger partial charge in [-0.15, -0.1) is 0 Å². The fourth-order valence-electron chi connectivity index (χ4n) is 3.37. The van der Waals surface area contributed by atoms with Gasteiger partial charge in [0.25, 0.3) is 0 Å². The predicted molar refractivity (Wildman–Crippen MR) is 109 cm³/mol. The number of rotatable bonds is 4. The molecule has 0 atom stereocenters. The number of fused-ring (bicyclic) bond motifs is 2. The first-order valence-corrected chi connectivity index (χ1v) is 8.90. The molecule has 0 radical (unpaired) electrons. The molecule has 0 aliphatic heterocycles. The summed E-state index contributed by atoms with van der Waals surface area (Å²) in [6.45, 7) is 1.49. The van der Waals surface area contributed by atoms with Crippen LogP contribution < -0.4 is 9.47 Å². The Morgan fingerprint density at radius 2 is 1.07 bits per heavy atom. The molecule has 0 bridgehead atoms. The number of hydrogen-bond acceptors (Lipinski definition) is 4. The number of ketones is 1. The van der Waals surface area contributed by atoms with Crippen molar-refractivity contribution in [3.8, 4) is 11.5 Å². The Morgan fingerprint density at radius 1 is 0.643 bits per heavy atom. The third-order valence-corrected chi connectivity index (χ3v) is 4.76. The zero-order chi connectivity index (χ0) is 19.7. The quantitative estimate of drug-likeness (QED) is 0.208. The highest BCUT2D eigenvalue weighted by atomic mass is 16.5. The topological polar surface area (TPSA) is 52.6 Å². The van der Waals surface area contributed by atoms with Gasteiger partial charge in [-0.3, -0.25) is 4.79 Å². The van der Waals surface area contributed by atoms with Gasteiger partial charge in [-0.05, 0) is 19.1 Å². The molecule has 4 aromatic carbocycles. The van der Waals surface area contributed by atoms with Crippen LogP contribution in [0.4, 0.5) is 0 Å². The third kappa shape index (κ3) is 2.99. The van der Waals surface area contributed by atoms with Crippen LogP contribution in [0.5, 0.6) is 11.5 Å². The van der Waals surface area contributed by atoms with E-state index >= 15 is 0 Å². The van der Waals surface area contributed by atoms with Crippen molar-refractivity contribution in [3.63, 3.8) is 0 Å². The van der Waals surface area contributed by atoms with Gasteiger partial charge >= 0.3 is 5.97 Å². The molecule has 0 fully saturated rings. The summed E-state index contributed by atoms with van der Waals surface area (Å²) >= 11 is 0. The maximum absolute atomic E-state index is 12.8. The van der Waals surface area contributed by atoms with Gasteiger partial charge in [0.05, 0.1) is 12.7 Å². The van der Waals surface area contributed by atoms with Crippen LogP contribution in [0.3, 0.4) is 0 Å². The molecular weight excluding hydrogens is 352 g/mol. The van der Waals surface area contributed by atoms with E-state index in [1.165, 1.54) is 6.92 Å². The Hall–Kier alpha value is -3.66. The minimum absolute atomic E-state index is 0.0490. The molecule has 0 N–H and O–H groups in total. The molecule has 0 spiro atoms. The maximum atomic E-state index is 12.8. The Bertz CT molecular complexity index is 1150. The first kappa shape index (κ1) is 17.7. The number of hydrogen-bond donors (Lipinski definition) is 0. The summed E-state index contributed by atoms with van der Waals surface area (Å²) in [7, 11) is 1.64. The average molecular weight is 370 g/mol. The summed E-state index contributed by atoms with van der Waals surface area (Å²) in [6, 6.07) is 21.8. The number of ether oxygens (including phenoxy) is 2. The van der Waals surface area contributed by atoms with Crippen molar-refractivity contribution in [1.29, 1.82) is 0 Å². The highest BCUT2D eigenvalue weighted by Gasteiger charge is 2.18. The number of methoxy groups -OCH3 is 1. The van der Waals surface area contributed by atoms with Gasteiger partial charge in [0, 0.05) is 27.1 Å². The van der Waals surface area contributed by atoms with Crippen molar-refractivity contribution >= 4 is 33.3 Å². The highest BCUT2D eigenvalue weighted by Crippen LogP contribution is 2.42. The second-order valence-corrected chi connectivity index (χ2v) is 6.48. The van der Waals surface area contributed by atoms with Crippen LogP contribution >= 0.6 is 0 Å². The summed E-state index contributed by atoms with van der Waals surface area (Å²) in [5.41, 5.74) is 0.936.